The molecule has 0 aliphatic rings. The Morgan fingerprint density at radius 2 is 2.19 bits per heavy atom. The van der Waals surface area contributed by atoms with Crippen molar-refractivity contribution in [1.82, 2.24) is 14.9 Å². The molecule has 0 radical (unpaired) electrons. The van der Waals surface area contributed by atoms with E-state index in [1.54, 1.807) is 24.2 Å². The number of halogens is 1. The molecule has 0 aliphatic heterocycles. The van der Waals surface area contributed by atoms with Crippen molar-refractivity contribution in [3.8, 4) is 11.5 Å². The maximum Gasteiger partial charge on any atom is 0.214 e. The minimum Gasteiger partial charge on any atom is -0.493 e. The number of nitrogens with zero attached hydrogens (tertiary/aromatic N) is 2. The number of rotatable bonds is 6. The summed E-state index contributed by atoms with van der Waals surface area (Å²) in [6, 6.07) is 3.60. The lowest BCUT2D eigenvalue weighted by molar-refractivity contribution is 0.230. The van der Waals surface area contributed by atoms with Crippen LogP contribution < -0.4 is 14.9 Å². The number of hydrogen-bond acceptors (Lipinski definition) is 5. The SMILES string of the molecule is COc1cc(CNn2cn[nH]c2=S)c(Cl)cc1OC(C)C. The number of nitrogens with one attached hydrogen (secondary N) is 2. The van der Waals surface area contributed by atoms with Crippen LogP contribution in [0, 0.1) is 4.77 Å². The number of H-pyrrole nitrogens is 1. The van der Waals surface area contributed by atoms with Crippen LogP contribution in [-0.4, -0.2) is 28.1 Å². The van der Waals surface area contributed by atoms with E-state index in [0.717, 1.165) is 5.56 Å². The maximum atomic E-state index is 6.29. The molecule has 1 aromatic heterocycles. The van der Waals surface area contributed by atoms with Crippen LogP contribution in [0.5, 0.6) is 11.5 Å². The van der Waals surface area contributed by atoms with E-state index in [1.807, 2.05) is 19.9 Å². The van der Waals surface area contributed by atoms with Gasteiger partial charge in [0.05, 0.1) is 19.8 Å². The number of benzene rings is 1. The van der Waals surface area contributed by atoms with Crippen molar-refractivity contribution in [3.05, 3.63) is 33.8 Å². The lowest BCUT2D eigenvalue weighted by Crippen LogP contribution is -2.14. The van der Waals surface area contributed by atoms with E-state index >= 15 is 0 Å². The average molecular weight is 329 g/mol. The van der Waals surface area contributed by atoms with Crippen molar-refractivity contribution in [3.63, 3.8) is 0 Å². The fraction of sp³-hybridized carbons (Fsp3) is 0.385. The number of methoxy groups -OCH3 is 1. The Hall–Kier alpha value is -1.73. The molecule has 1 aromatic carbocycles. The van der Waals surface area contributed by atoms with Gasteiger partial charge in [-0.3, -0.25) is 5.10 Å². The first kappa shape index (κ1) is 15.7. The molecule has 8 heteroatoms. The average Bonchev–Trinajstić information content (AvgIpc) is 2.83. The lowest BCUT2D eigenvalue weighted by Gasteiger charge is -2.16. The summed E-state index contributed by atoms with van der Waals surface area (Å²) in [5.41, 5.74) is 3.97. The van der Waals surface area contributed by atoms with Crippen molar-refractivity contribution in [2.24, 2.45) is 0 Å². The highest BCUT2D eigenvalue weighted by molar-refractivity contribution is 7.71. The standard InChI is InChI=1S/C13H17ClN4O2S/c1-8(2)20-12-5-10(14)9(4-11(12)19-3)6-16-18-7-15-17-13(18)21/h4-5,7-8,16H,6H2,1-3H3,(H,17,21). The Morgan fingerprint density at radius 3 is 2.76 bits per heavy atom. The molecule has 2 N–H and O–H groups in total. The molecule has 0 bridgehead atoms. The van der Waals surface area contributed by atoms with Crippen LogP contribution in [-0.2, 0) is 6.54 Å². The highest BCUT2D eigenvalue weighted by Gasteiger charge is 2.12. The van der Waals surface area contributed by atoms with E-state index in [-0.39, 0.29) is 6.10 Å². The second kappa shape index (κ2) is 6.82. The fourth-order valence-corrected chi connectivity index (χ4v) is 2.13. The molecular formula is C13H17ClN4O2S. The minimum absolute atomic E-state index is 0.0446. The summed E-state index contributed by atoms with van der Waals surface area (Å²) in [6.45, 7) is 4.37. The summed E-state index contributed by atoms with van der Waals surface area (Å²) in [7, 11) is 1.60. The van der Waals surface area contributed by atoms with Gasteiger partial charge in [-0.1, -0.05) is 11.6 Å². The van der Waals surface area contributed by atoms with Crippen LogP contribution in [0.2, 0.25) is 5.02 Å². The van der Waals surface area contributed by atoms with Gasteiger partial charge < -0.3 is 14.9 Å². The summed E-state index contributed by atoms with van der Waals surface area (Å²) < 4.78 is 13.1. The Bertz CT molecular complexity index is 668. The molecule has 114 valence electrons. The first-order valence-electron chi connectivity index (χ1n) is 6.40. The zero-order chi connectivity index (χ0) is 15.4. The van der Waals surface area contributed by atoms with Crippen molar-refractivity contribution >= 4 is 23.8 Å². The molecule has 0 aliphatic carbocycles. The molecule has 0 atom stereocenters. The molecule has 21 heavy (non-hydrogen) atoms. The predicted molar refractivity (Wildman–Crippen MR) is 84.2 cm³/mol. The Morgan fingerprint density at radius 1 is 1.43 bits per heavy atom. The van der Waals surface area contributed by atoms with Gasteiger partial charge in [0.25, 0.3) is 0 Å². The van der Waals surface area contributed by atoms with Crippen LogP contribution in [0.15, 0.2) is 18.5 Å². The molecule has 2 rings (SSSR count). The fourth-order valence-electron chi connectivity index (χ4n) is 1.75. The number of ether oxygens (including phenoxy) is 2. The first-order valence-corrected chi connectivity index (χ1v) is 7.19. The molecule has 0 amide bonds. The predicted octanol–water partition coefficient (Wildman–Crippen LogP) is 3.13. The van der Waals surface area contributed by atoms with Crippen molar-refractivity contribution in [1.29, 1.82) is 0 Å². The van der Waals surface area contributed by atoms with Gasteiger partial charge >= 0.3 is 0 Å². The zero-order valence-electron chi connectivity index (χ0n) is 12.0. The van der Waals surface area contributed by atoms with Crippen molar-refractivity contribution < 1.29 is 9.47 Å². The van der Waals surface area contributed by atoms with E-state index in [2.05, 4.69) is 15.6 Å². The molecule has 6 nitrogen and oxygen atoms in total. The van der Waals surface area contributed by atoms with Crippen LogP contribution in [0.4, 0.5) is 0 Å². The van der Waals surface area contributed by atoms with Crippen molar-refractivity contribution in [2.45, 2.75) is 26.5 Å². The molecule has 0 fully saturated rings. The highest BCUT2D eigenvalue weighted by atomic mass is 35.5. The van der Waals surface area contributed by atoms with E-state index in [1.165, 1.54) is 0 Å². The summed E-state index contributed by atoms with van der Waals surface area (Å²) in [6.07, 6.45) is 1.60. The molecule has 0 saturated carbocycles. The smallest absolute Gasteiger partial charge is 0.214 e. The van der Waals surface area contributed by atoms with Crippen LogP contribution in [0.1, 0.15) is 19.4 Å². The number of hydrogen-bond donors (Lipinski definition) is 2. The van der Waals surface area contributed by atoms with E-state index in [9.17, 15) is 0 Å². The normalized spacial score (nSPS) is 10.7. The third kappa shape index (κ3) is 3.89. The minimum atomic E-state index is 0.0446. The monoisotopic (exact) mass is 328 g/mol. The van der Waals surface area contributed by atoms with E-state index in [0.29, 0.717) is 27.8 Å². The zero-order valence-corrected chi connectivity index (χ0v) is 13.6. The van der Waals surface area contributed by atoms with Gasteiger partial charge in [-0.25, -0.2) is 4.68 Å². The van der Waals surface area contributed by atoms with Gasteiger partial charge in [0.1, 0.15) is 6.33 Å². The topological polar surface area (TPSA) is 64.1 Å². The van der Waals surface area contributed by atoms with Gasteiger partial charge in [-0.2, -0.15) is 5.10 Å². The lowest BCUT2D eigenvalue weighted by atomic mass is 10.2. The second-order valence-electron chi connectivity index (χ2n) is 4.63. The largest absolute Gasteiger partial charge is 0.493 e. The number of aromatic nitrogens is 3. The molecule has 0 saturated heterocycles. The third-order valence-electron chi connectivity index (χ3n) is 2.69. The third-order valence-corrected chi connectivity index (χ3v) is 3.33. The molecular weight excluding hydrogens is 312 g/mol. The Balaban J connectivity index is 2.20. The van der Waals surface area contributed by atoms with E-state index < -0.39 is 0 Å². The summed E-state index contributed by atoms with van der Waals surface area (Å²) in [5.74, 6) is 1.27. The van der Waals surface area contributed by atoms with Gasteiger partial charge in [-0.15, -0.1) is 0 Å². The highest BCUT2D eigenvalue weighted by Crippen LogP contribution is 2.34. The van der Waals surface area contributed by atoms with Gasteiger partial charge in [0.2, 0.25) is 4.77 Å². The van der Waals surface area contributed by atoms with E-state index in [4.69, 9.17) is 33.3 Å². The molecule has 0 spiro atoms. The van der Waals surface area contributed by atoms with Crippen molar-refractivity contribution in [2.75, 3.05) is 12.5 Å². The molecule has 2 aromatic rings. The summed E-state index contributed by atoms with van der Waals surface area (Å²) >= 11 is 11.3. The molecule has 1 heterocycles. The van der Waals surface area contributed by atoms with Gasteiger partial charge in [0, 0.05) is 11.1 Å². The Kier molecular flexibility index (Phi) is 5.08. The number of aromatic amines is 1. The Labute approximate surface area is 133 Å². The van der Waals surface area contributed by atoms with Gasteiger partial charge in [-0.05, 0) is 37.7 Å². The summed E-state index contributed by atoms with van der Waals surface area (Å²) in [5, 5.41) is 7.08. The molecule has 0 unspecified atom stereocenters. The van der Waals surface area contributed by atoms with Crippen LogP contribution in [0.25, 0.3) is 0 Å². The van der Waals surface area contributed by atoms with Crippen LogP contribution >= 0.6 is 23.8 Å². The quantitative estimate of drug-likeness (QED) is 0.798. The van der Waals surface area contributed by atoms with Gasteiger partial charge in [0.15, 0.2) is 11.5 Å². The summed E-state index contributed by atoms with van der Waals surface area (Å²) in [4.78, 5) is 0. The maximum absolute atomic E-state index is 6.29. The first-order chi connectivity index (χ1) is 10.0. The van der Waals surface area contributed by atoms with Crippen LogP contribution in [0.3, 0.4) is 0 Å². The second-order valence-corrected chi connectivity index (χ2v) is 5.42.